The van der Waals surface area contributed by atoms with Crippen molar-refractivity contribution < 1.29 is 9.53 Å². The summed E-state index contributed by atoms with van der Waals surface area (Å²) < 4.78 is 7.87. The second-order valence-electron chi connectivity index (χ2n) is 7.67. The van der Waals surface area contributed by atoms with Gasteiger partial charge in [-0.05, 0) is 35.6 Å². The Morgan fingerprint density at radius 2 is 1.85 bits per heavy atom. The lowest BCUT2D eigenvalue weighted by Crippen LogP contribution is -2.30. The van der Waals surface area contributed by atoms with Gasteiger partial charge in [0.25, 0.3) is 5.91 Å². The van der Waals surface area contributed by atoms with Crippen molar-refractivity contribution in [3.63, 3.8) is 0 Å². The summed E-state index contributed by atoms with van der Waals surface area (Å²) in [6.45, 7) is 7.85. The van der Waals surface area contributed by atoms with Gasteiger partial charge >= 0.3 is 0 Å². The highest BCUT2D eigenvalue weighted by Gasteiger charge is 2.18. The van der Waals surface area contributed by atoms with Gasteiger partial charge in [0.05, 0.1) is 17.4 Å². The van der Waals surface area contributed by atoms with Crippen molar-refractivity contribution in [2.45, 2.75) is 39.2 Å². The highest BCUT2D eigenvalue weighted by molar-refractivity contribution is 5.77. The summed E-state index contributed by atoms with van der Waals surface area (Å²) in [5.74, 6) is 0.666. The van der Waals surface area contributed by atoms with E-state index in [1.807, 2.05) is 48.8 Å². The van der Waals surface area contributed by atoms with Gasteiger partial charge in [0, 0.05) is 13.1 Å². The molecule has 0 unspecified atom stereocenters. The molecule has 1 heterocycles. The lowest BCUT2D eigenvalue weighted by Gasteiger charge is -2.22. The van der Waals surface area contributed by atoms with Crippen molar-refractivity contribution in [1.29, 1.82) is 0 Å². The topological polar surface area (TPSA) is 56.1 Å². The highest BCUT2D eigenvalue weighted by Crippen LogP contribution is 2.30. The van der Waals surface area contributed by atoms with Crippen LogP contribution >= 0.6 is 0 Å². The predicted molar refractivity (Wildman–Crippen MR) is 108 cm³/mol. The van der Waals surface area contributed by atoms with Crippen LogP contribution in [-0.2, 0) is 16.8 Å². The van der Waals surface area contributed by atoms with Crippen LogP contribution in [-0.4, -0.2) is 28.6 Å². The minimum Gasteiger partial charge on any atom is -0.483 e. The summed E-state index contributed by atoms with van der Waals surface area (Å²) in [4.78, 5) is 16.5. The van der Waals surface area contributed by atoms with Crippen LogP contribution in [0, 0.1) is 0 Å². The molecule has 0 bridgehead atoms. The summed E-state index contributed by atoms with van der Waals surface area (Å²) in [7, 11) is 0. The van der Waals surface area contributed by atoms with Crippen molar-refractivity contribution in [3.8, 4) is 5.75 Å². The van der Waals surface area contributed by atoms with Crippen molar-refractivity contribution >= 4 is 16.9 Å². The third-order valence-electron chi connectivity index (χ3n) is 4.48. The Hall–Kier alpha value is -2.82. The number of hydrogen-bond acceptors (Lipinski definition) is 3. The molecule has 0 fully saturated rings. The smallest absolute Gasteiger partial charge is 0.257 e. The fourth-order valence-electron chi connectivity index (χ4n) is 3.07. The van der Waals surface area contributed by atoms with E-state index < -0.39 is 0 Å². The first kappa shape index (κ1) is 19.0. The zero-order chi connectivity index (χ0) is 19.3. The maximum atomic E-state index is 12.1. The van der Waals surface area contributed by atoms with Crippen LogP contribution in [0.1, 0.15) is 32.8 Å². The Labute approximate surface area is 160 Å². The van der Waals surface area contributed by atoms with E-state index >= 15 is 0 Å². The van der Waals surface area contributed by atoms with Gasteiger partial charge in [-0.2, -0.15) is 0 Å². The zero-order valence-corrected chi connectivity index (χ0v) is 16.2. The SMILES string of the molecule is CC(C)(C)c1ccccc1OCC(=O)NCCCn1cnc2ccccc21. The molecule has 0 aliphatic rings. The zero-order valence-electron chi connectivity index (χ0n) is 16.2. The molecule has 3 aromatic rings. The van der Waals surface area contributed by atoms with Crippen LogP contribution < -0.4 is 10.1 Å². The Morgan fingerprint density at radius 1 is 1.11 bits per heavy atom. The standard InChI is InChI=1S/C22H27N3O2/c1-22(2,3)17-9-4-7-12-20(17)27-15-21(26)23-13-8-14-25-16-24-18-10-5-6-11-19(18)25/h4-7,9-12,16H,8,13-15H2,1-3H3,(H,23,26). The first-order chi connectivity index (χ1) is 12.9. The number of carbonyl (C=O) groups excluding carboxylic acids is 1. The van der Waals surface area contributed by atoms with E-state index in [0.29, 0.717) is 6.54 Å². The van der Waals surface area contributed by atoms with E-state index in [-0.39, 0.29) is 17.9 Å². The molecule has 0 aliphatic heterocycles. The molecular weight excluding hydrogens is 338 g/mol. The second kappa shape index (κ2) is 8.25. The molecule has 0 saturated carbocycles. The number of nitrogens with one attached hydrogen (secondary N) is 1. The van der Waals surface area contributed by atoms with Gasteiger partial charge < -0.3 is 14.6 Å². The quantitative estimate of drug-likeness (QED) is 0.646. The van der Waals surface area contributed by atoms with Crippen LogP contribution in [0.5, 0.6) is 5.75 Å². The lowest BCUT2D eigenvalue weighted by atomic mass is 9.86. The number of imidazole rings is 1. The molecule has 1 amide bonds. The number of amides is 1. The Balaban J connectivity index is 1.44. The first-order valence-electron chi connectivity index (χ1n) is 9.34. The molecule has 0 saturated heterocycles. The molecular formula is C22H27N3O2. The fraction of sp³-hybridized carbons (Fsp3) is 0.364. The van der Waals surface area contributed by atoms with E-state index in [1.165, 1.54) is 0 Å². The minimum absolute atomic E-state index is 0.0271. The summed E-state index contributed by atoms with van der Waals surface area (Å²) in [5, 5.41) is 2.92. The molecule has 2 aromatic carbocycles. The summed E-state index contributed by atoms with van der Waals surface area (Å²) in [5.41, 5.74) is 3.18. The van der Waals surface area contributed by atoms with Gasteiger partial charge in [-0.1, -0.05) is 51.1 Å². The van der Waals surface area contributed by atoms with Gasteiger partial charge in [-0.3, -0.25) is 4.79 Å². The van der Waals surface area contributed by atoms with Crippen LogP contribution in [0.3, 0.4) is 0 Å². The first-order valence-corrected chi connectivity index (χ1v) is 9.34. The number of benzene rings is 2. The Morgan fingerprint density at radius 3 is 2.67 bits per heavy atom. The van der Waals surface area contributed by atoms with Gasteiger partial charge in [0.2, 0.25) is 0 Å². The van der Waals surface area contributed by atoms with E-state index in [9.17, 15) is 4.79 Å². The third-order valence-corrected chi connectivity index (χ3v) is 4.48. The minimum atomic E-state index is -0.103. The number of para-hydroxylation sites is 3. The molecule has 1 N–H and O–H groups in total. The third kappa shape index (κ3) is 4.88. The van der Waals surface area contributed by atoms with Gasteiger partial charge in [0.15, 0.2) is 6.61 Å². The summed E-state index contributed by atoms with van der Waals surface area (Å²) in [6, 6.07) is 15.9. The van der Waals surface area contributed by atoms with Crippen LogP contribution in [0.2, 0.25) is 0 Å². The van der Waals surface area contributed by atoms with E-state index in [1.54, 1.807) is 0 Å². The normalized spacial score (nSPS) is 11.5. The molecule has 1 aromatic heterocycles. The lowest BCUT2D eigenvalue weighted by molar-refractivity contribution is -0.123. The molecule has 0 atom stereocenters. The molecule has 5 nitrogen and oxygen atoms in total. The van der Waals surface area contributed by atoms with Gasteiger partial charge in [0.1, 0.15) is 5.75 Å². The number of carbonyl (C=O) groups is 1. The fourth-order valence-corrected chi connectivity index (χ4v) is 3.07. The van der Waals surface area contributed by atoms with Crippen molar-refractivity contribution in [1.82, 2.24) is 14.9 Å². The van der Waals surface area contributed by atoms with E-state index in [2.05, 4.69) is 41.7 Å². The molecule has 0 radical (unpaired) electrons. The maximum Gasteiger partial charge on any atom is 0.257 e. The van der Waals surface area contributed by atoms with Gasteiger partial charge in [-0.15, -0.1) is 0 Å². The van der Waals surface area contributed by atoms with Crippen LogP contribution in [0.15, 0.2) is 54.9 Å². The monoisotopic (exact) mass is 365 g/mol. The van der Waals surface area contributed by atoms with Crippen molar-refractivity contribution in [3.05, 3.63) is 60.4 Å². The average molecular weight is 365 g/mol. The van der Waals surface area contributed by atoms with E-state index in [4.69, 9.17) is 4.74 Å². The number of rotatable bonds is 7. The number of fused-ring (bicyclic) bond motifs is 1. The predicted octanol–water partition coefficient (Wildman–Crippen LogP) is 3.92. The molecule has 142 valence electrons. The number of aryl methyl sites for hydroxylation is 1. The van der Waals surface area contributed by atoms with Crippen molar-refractivity contribution in [2.75, 3.05) is 13.2 Å². The number of ether oxygens (including phenoxy) is 1. The number of nitrogens with zero attached hydrogens (tertiary/aromatic N) is 2. The summed E-state index contributed by atoms with van der Waals surface area (Å²) >= 11 is 0. The Bertz CT molecular complexity index is 909. The summed E-state index contributed by atoms with van der Waals surface area (Å²) in [6.07, 6.45) is 2.68. The van der Waals surface area contributed by atoms with Crippen molar-refractivity contribution in [2.24, 2.45) is 0 Å². The van der Waals surface area contributed by atoms with Gasteiger partial charge in [-0.25, -0.2) is 4.98 Å². The molecule has 27 heavy (non-hydrogen) atoms. The highest BCUT2D eigenvalue weighted by atomic mass is 16.5. The number of aromatic nitrogens is 2. The van der Waals surface area contributed by atoms with Crippen LogP contribution in [0.4, 0.5) is 0 Å². The molecule has 0 aliphatic carbocycles. The molecule has 0 spiro atoms. The molecule has 3 rings (SSSR count). The molecule has 5 heteroatoms. The Kier molecular flexibility index (Phi) is 5.79. The maximum absolute atomic E-state index is 12.1. The number of hydrogen-bond donors (Lipinski definition) is 1. The van der Waals surface area contributed by atoms with E-state index in [0.717, 1.165) is 35.3 Å². The second-order valence-corrected chi connectivity index (χ2v) is 7.67. The largest absolute Gasteiger partial charge is 0.483 e. The average Bonchev–Trinajstić information content (AvgIpc) is 3.06. The van der Waals surface area contributed by atoms with Crippen LogP contribution in [0.25, 0.3) is 11.0 Å².